The minimum absolute atomic E-state index is 0.0266. The van der Waals surface area contributed by atoms with E-state index in [1.807, 2.05) is 19.1 Å². The van der Waals surface area contributed by atoms with Crippen molar-refractivity contribution >= 4 is 15.9 Å². The van der Waals surface area contributed by atoms with E-state index in [1.54, 1.807) is 12.1 Å². The number of nitrogens with one attached hydrogen (secondary N) is 1. The summed E-state index contributed by atoms with van der Waals surface area (Å²) in [6.45, 7) is 3.16. The van der Waals surface area contributed by atoms with Crippen molar-refractivity contribution in [3.8, 4) is 11.5 Å². The number of para-hydroxylation sites is 2. The predicted molar refractivity (Wildman–Crippen MR) is 90.7 cm³/mol. The summed E-state index contributed by atoms with van der Waals surface area (Å²) >= 11 is 0. The number of carbonyl (C=O) groups excluding carboxylic acids is 1. The van der Waals surface area contributed by atoms with Gasteiger partial charge in [0.2, 0.25) is 10.0 Å². The van der Waals surface area contributed by atoms with Crippen molar-refractivity contribution in [2.45, 2.75) is 25.8 Å². The summed E-state index contributed by atoms with van der Waals surface area (Å²) in [4.78, 5) is 12.0. The Bertz CT molecular complexity index is 654. The van der Waals surface area contributed by atoms with Gasteiger partial charge in [0.05, 0.1) is 12.9 Å². The van der Waals surface area contributed by atoms with Crippen molar-refractivity contribution in [3.05, 3.63) is 24.3 Å². The first kappa shape index (κ1) is 18.5. The fourth-order valence-electron chi connectivity index (χ4n) is 2.59. The van der Waals surface area contributed by atoms with Crippen LogP contribution in [0.3, 0.4) is 0 Å². The van der Waals surface area contributed by atoms with Gasteiger partial charge in [0, 0.05) is 19.1 Å². The SMILES string of the molecule is CCOc1ccccc1OCC(=O)NC1CCN(S(C)(=O)=O)CC1. The Labute approximate surface area is 143 Å². The smallest absolute Gasteiger partial charge is 0.258 e. The zero-order valence-corrected chi connectivity index (χ0v) is 14.8. The molecule has 1 N–H and O–H groups in total. The molecule has 1 fully saturated rings. The van der Waals surface area contributed by atoms with Crippen LogP contribution in [-0.4, -0.2) is 57.2 Å². The molecule has 0 unspecified atom stereocenters. The maximum Gasteiger partial charge on any atom is 0.258 e. The number of nitrogens with zero attached hydrogens (tertiary/aromatic N) is 1. The van der Waals surface area contributed by atoms with Gasteiger partial charge in [0.25, 0.3) is 5.91 Å². The van der Waals surface area contributed by atoms with E-state index in [0.717, 1.165) is 0 Å². The average Bonchev–Trinajstić information content (AvgIpc) is 2.54. The van der Waals surface area contributed by atoms with Crippen LogP contribution in [0, 0.1) is 0 Å². The standard InChI is InChI=1S/C16H24N2O5S/c1-3-22-14-6-4-5-7-15(14)23-12-16(19)17-13-8-10-18(11-9-13)24(2,20)21/h4-7,13H,3,8-12H2,1-2H3,(H,17,19). The Morgan fingerprint density at radius 2 is 1.79 bits per heavy atom. The van der Waals surface area contributed by atoms with Crippen molar-refractivity contribution < 1.29 is 22.7 Å². The molecule has 1 aliphatic rings. The third-order valence-electron chi connectivity index (χ3n) is 3.80. The fraction of sp³-hybridized carbons (Fsp3) is 0.562. The Morgan fingerprint density at radius 1 is 1.21 bits per heavy atom. The van der Waals surface area contributed by atoms with Crippen LogP contribution in [0.25, 0.3) is 0 Å². The molecule has 2 rings (SSSR count). The maximum atomic E-state index is 12.0. The summed E-state index contributed by atoms with van der Waals surface area (Å²) in [6.07, 6.45) is 2.41. The zero-order valence-electron chi connectivity index (χ0n) is 14.0. The Morgan fingerprint density at radius 3 is 2.33 bits per heavy atom. The van der Waals surface area contributed by atoms with E-state index in [1.165, 1.54) is 10.6 Å². The zero-order chi connectivity index (χ0) is 17.6. The normalized spacial score (nSPS) is 16.6. The highest BCUT2D eigenvalue weighted by atomic mass is 32.2. The molecule has 7 nitrogen and oxygen atoms in total. The number of carbonyl (C=O) groups is 1. The van der Waals surface area contributed by atoms with Gasteiger partial charge in [-0.15, -0.1) is 0 Å². The summed E-state index contributed by atoms with van der Waals surface area (Å²) in [5.41, 5.74) is 0. The van der Waals surface area contributed by atoms with Crippen LogP contribution in [0.15, 0.2) is 24.3 Å². The van der Waals surface area contributed by atoms with Gasteiger partial charge >= 0.3 is 0 Å². The molecular weight excluding hydrogens is 332 g/mol. The second-order valence-electron chi connectivity index (χ2n) is 5.67. The number of piperidine rings is 1. The quantitative estimate of drug-likeness (QED) is 0.788. The highest BCUT2D eigenvalue weighted by Gasteiger charge is 2.25. The van der Waals surface area contributed by atoms with Gasteiger partial charge in [-0.3, -0.25) is 4.79 Å². The summed E-state index contributed by atoms with van der Waals surface area (Å²) in [6, 6.07) is 7.17. The number of ether oxygens (including phenoxy) is 2. The molecule has 1 amide bonds. The van der Waals surface area contributed by atoms with Crippen molar-refractivity contribution in [2.75, 3.05) is 32.6 Å². The van der Waals surface area contributed by atoms with Gasteiger partial charge in [-0.05, 0) is 31.9 Å². The van der Waals surface area contributed by atoms with Crippen molar-refractivity contribution in [3.63, 3.8) is 0 Å². The molecule has 8 heteroatoms. The second-order valence-corrected chi connectivity index (χ2v) is 7.65. The molecule has 134 valence electrons. The highest BCUT2D eigenvalue weighted by molar-refractivity contribution is 7.88. The summed E-state index contributed by atoms with van der Waals surface area (Å²) in [5.74, 6) is 0.912. The molecular formula is C16H24N2O5S. The molecule has 0 saturated carbocycles. The number of amides is 1. The van der Waals surface area contributed by atoms with Crippen LogP contribution >= 0.6 is 0 Å². The molecule has 24 heavy (non-hydrogen) atoms. The second kappa shape index (κ2) is 8.34. The van der Waals surface area contributed by atoms with Gasteiger partial charge in [-0.2, -0.15) is 0 Å². The van der Waals surface area contributed by atoms with Crippen molar-refractivity contribution in [1.29, 1.82) is 0 Å². The van der Waals surface area contributed by atoms with E-state index < -0.39 is 10.0 Å². The molecule has 1 heterocycles. The molecule has 0 aliphatic carbocycles. The summed E-state index contributed by atoms with van der Waals surface area (Å²) < 4.78 is 35.3. The number of sulfonamides is 1. The molecule has 1 aromatic rings. The number of rotatable bonds is 7. The van der Waals surface area contributed by atoms with E-state index >= 15 is 0 Å². The molecule has 1 aliphatic heterocycles. The molecule has 0 radical (unpaired) electrons. The minimum atomic E-state index is -3.15. The van der Waals surface area contributed by atoms with Crippen LogP contribution in [0.4, 0.5) is 0 Å². The lowest BCUT2D eigenvalue weighted by atomic mass is 10.1. The first-order valence-corrected chi connectivity index (χ1v) is 9.84. The maximum absolute atomic E-state index is 12.0. The number of benzene rings is 1. The van der Waals surface area contributed by atoms with Gasteiger partial charge < -0.3 is 14.8 Å². The lowest BCUT2D eigenvalue weighted by Gasteiger charge is -2.30. The molecule has 0 spiro atoms. The first-order chi connectivity index (χ1) is 11.4. The Hall–Kier alpha value is -1.80. The number of hydrogen-bond acceptors (Lipinski definition) is 5. The molecule has 0 bridgehead atoms. The third-order valence-corrected chi connectivity index (χ3v) is 5.10. The predicted octanol–water partition coefficient (Wildman–Crippen LogP) is 1.00. The van der Waals surface area contributed by atoms with Crippen molar-refractivity contribution in [1.82, 2.24) is 9.62 Å². The van der Waals surface area contributed by atoms with Gasteiger partial charge in [0.1, 0.15) is 0 Å². The Balaban J connectivity index is 1.79. The van der Waals surface area contributed by atoms with E-state index in [-0.39, 0.29) is 18.6 Å². The lowest BCUT2D eigenvalue weighted by Crippen LogP contribution is -2.47. The third kappa shape index (κ3) is 5.38. The minimum Gasteiger partial charge on any atom is -0.490 e. The van der Waals surface area contributed by atoms with Crippen LogP contribution in [-0.2, 0) is 14.8 Å². The average molecular weight is 356 g/mol. The molecule has 0 atom stereocenters. The number of hydrogen-bond donors (Lipinski definition) is 1. The van der Waals surface area contributed by atoms with E-state index in [4.69, 9.17) is 9.47 Å². The van der Waals surface area contributed by atoms with Gasteiger partial charge in [-0.1, -0.05) is 12.1 Å². The van der Waals surface area contributed by atoms with E-state index in [0.29, 0.717) is 44.0 Å². The first-order valence-electron chi connectivity index (χ1n) is 7.99. The largest absolute Gasteiger partial charge is 0.490 e. The van der Waals surface area contributed by atoms with Gasteiger partial charge in [0.15, 0.2) is 18.1 Å². The summed E-state index contributed by atoms with van der Waals surface area (Å²) in [7, 11) is -3.15. The van der Waals surface area contributed by atoms with Crippen LogP contribution in [0.1, 0.15) is 19.8 Å². The monoisotopic (exact) mass is 356 g/mol. The Kier molecular flexibility index (Phi) is 6.44. The van der Waals surface area contributed by atoms with Gasteiger partial charge in [-0.25, -0.2) is 12.7 Å². The lowest BCUT2D eigenvalue weighted by molar-refractivity contribution is -0.124. The molecule has 1 saturated heterocycles. The molecule has 1 aromatic carbocycles. The van der Waals surface area contributed by atoms with Crippen LogP contribution in [0.5, 0.6) is 11.5 Å². The topological polar surface area (TPSA) is 84.9 Å². The highest BCUT2D eigenvalue weighted by Crippen LogP contribution is 2.26. The van der Waals surface area contributed by atoms with Crippen LogP contribution < -0.4 is 14.8 Å². The molecule has 0 aromatic heterocycles. The van der Waals surface area contributed by atoms with E-state index in [9.17, 15) is 13.2 Å². The summed E-state index contributed by atoms with van der Waals surface area (Å²) in [5, 5.41) is 2.89. The fourth-order valence-corrected chi connectivity index (χ4v) is 3.46. The van der Waals surface area contributed by atoms with E-state index in [2.05, 4.69) is 5.32 Å². The van der Waals surface area contributed by atoms with Crippen molar-refractivity contribution in [2.24, 2.45) is 0 Å². The van der Waals surface area contributed by atoms with Crippen LogP contribution in [0.2, 0.25) is 0 Å².